The van der Waals surface area contributed by atoms with Gasteiger partial charge in [0.2, 0.25) is 5.91 Å². The third-order valence-electron chi connectivity index (χ3n) is 6.15. The maximum absolute atomic E-state index is 13.0. The van der Waals surface area contributed by atoms with Crippen LogP contribution in [-0.2, 0) is 4.79 Å². The van der Waals surface area contributed by atoms with Crippen molar-refractivity contribution in [1.82, 2.24) is 14.5 Å². The van der Waals surface area contributed by atoms with E-state index in [2.05, 4.69) is 4.98 Å². The summed E-state index contributed by atoms with van der Waals surface area (Å²) in [7, 11) is 0. The number of para-hydroxylation sites is 2. The summed E-state index contributed by atoms with van der Waals surface area (Å²) in [5.41, 5.74) is 7.41. The van der Waals surface area contributed by atoms with Gasteiger partial charge in [0, 0.05) is 25.7 Å². The second-order valence-corrected chi connectivity index (χ2v) is 7.53. The SMILES string of the molecule is NCC1(C(=O)N2CCC(n3c(=O)[nH]c4ccccc43)CC2)CCCC1. The van der Waals surface area contributed by atoms with Gasteiger partial charge in [-0.2, -0.15) is 0 Å². The van der Waals surface area contributed by atoms with Gasteiger partial charge in [0.15, 0.2) is 0 Å². The Labute approximate surface area is 147 Å². The van der Waals surface area contributed by atoms with E-state index in [0.29, 0.717) is 19.6 Å². The number of nitrogens with zero attached hydrogens (tertiary/aromatic N) is 2. The minimum absolute atomic E-state index is 0.0554. The predicted octanol–water partition coefficient (Wildman–Crippen LogP) is 2.01. The zero-order chi connectivity index (χ0) is 17.4. The van der Waals surface area contributed by atoms with Gasteiger partial charge in [0.05, 0.1) is 16.4 Å². The Kier molecular flexibility index (Phi) is 4.15. The fourth-order valence-electron chi connectivity index (χ4n) is 4.66. The predicted molar refractivity (Wildman–Crippen MR) is 97.4 cm³/mol. The highest BCUT2D eigenvalue weighted by Gasteiger charge is 2.43. The summed E-state index contributed by atoms with van der Waals surface area (Å²) in [4.78, 5) is 30.3. The highest BCUT2D eigenvalue weighted by atomic mass is 16.2. The van der Waals surface area contributed by atoms with Gasteiger partial charge in [-0.25, -0.2) is 4.79 Å². The van der Waals surface area contributed by atoms with Crippen LogP contribution >= 0.6 is 0 Å². The Morgan fingerprint density at radius 2 is 1.88 bits per heavy atom. The molecule has 1 amide bonds. The van der Waals surface area contributed by atoms with E-state index < -0.39 is 0 Å². The number of nitrogens with two attached hydrogens (primary N) is 1. The van der Waals surface area contributed by atoms with Crippen molar-refractivity contribution in [3.63, 3.8) is 0 Å². The highest BCUT2D eigenvalue weighted by Crippen LogP contribution is 2.39. The third-order valence-corrected chi connectivity index (χ3v) is 6.15. The van der Waals surface area contributed by atoms with E-state index in [1.54, 1.807) is 0 Å². The Bertz CT molecular complexity index is 823. The van der Waals surface area contributed by atoms with E-state index in [1.807, 2.05) is 33.7 Å². The van der Waals surface area contributed by atoms with Gasteiger partial charge in [0.1, 0.15) is 0 Å². The quantitative estimate of drug-likeness (QED) is 0.895. The Morgan fingerprint density at radius 1 is 1.20 bits per heavy atom. The molecular weight excluding hydrogens is 316 g/mol. The molecule has 6 nitrogen and oxygen atoms in total. The first-order valence-electron chi connectivity index (χ1n) is 9.33. The Balaban J connectivity index is 1.51. The maximum atomic E-state index is 13.0. The van der Waals surface area contributed by atoms with Crippen molar-refractivity contribution in [1.29, 1.82) is 0 Å². The highest BCUT2D eigenvalue weighted by molar-refractivity contribution is 5.83. The number of piperidine rings is 1. The van der Waals surface area contributed by atoms with Crippen LogP contribution in [0.1, 0.15) is 44.6 Å². The average Bonchev–Trinajstić information content (AvgIpc) is 3.25. The van der Waals surface area contributed by atoms with Crippen molar-refractivity contribution in [2.75, 3.05) is 19.6 Å². The first-order valence-corrected chi connectivity index (χ1v) is 9.33. The number of likely N-dealkylation sites (tertiary alicyclic amines) is 1. The summed E-state index contributed by atoms with van der Waals surface area (Å²) >= 11 is 0. The molecule has 0 spiro atoms. The molecule has 1 aliphatic carbocycles. The number of benzene rings is 1. The summed E-state index contributed by atoms with van der Waals surface area (Å²) in [6.07, 6.45) is 5.67. The first kappa shape index (κ1) is 16.4. The van der Waals surface area contributed by atoms with Crippen LogP contribution in [0.25, 0.3) is 11.0 Å². The number of aromatic nitrogens is 2. The van der Waals surface area contributed by atoms with Crippen molar-refractivity contribution in [2.24, 2.45) is 11.1 Å². The van der Waals surface area contributed by atoms with E-state index >= 15 is 0 Å². The van der Waals surface area contributed by atoms with Crippen molar-refractivity contribution in [3.8, 4) is 0 Å². The molecule has 6 heteroatoms. The van der Waals surface area contributed by atoms with Gasteiger partial charge in [-0.05, 0) is 37.8 Å². The third kappa shape index (κ3) is 2.68. The number of H-pyrrole nitrogens is 1. The number of rotatable bonds is 3. The van der Waals surface area contributed by atoms with Gasteiger partial charge < -0.3 is 15.6 Å². The average molecular weight is 342 g/mol. The minimum Gasteiger partial charge on any atom is -0.342 e. The number of fused-ring (bicyclic) bond motifs is 1. The molecule has 2 fully saturated rings. The van der Waals surface area contributed by atoms with Gasteiger partial charge in [-0.1, -0.05) is 25.0 Å². The molecule has 2 aliphatic rings. The van der Waals surface area contributed by atoms with E-state index in [1.165, 1.54) is 0 Å². The Morgan fingerprint density at radius 3 is 2.56 bits per heavy atom. The van der Waals surface area contributed by atoms with Crippen LogP contribution in [0.4, 0.5) is 0 Å². The summed E-state index contributed by atoms with van der Waals surface area (Å²) < 4.78 is 1.87. The number of imidazole rings is 1. The molecule has 0 bridgehead atoms. The number of nitrogens with one attached hydrogen (secondary N) is 1. The van der Waals surface area contributed by atoms with Crippen LogP contribution in [0, 0.1) is 5.41 Å². The fraction of sp³-hybridized carbons (Fsp3) is 0.579. The number of hydrogen-bond donors (Lipinski definition) is 2. The van der Waals surface area contributed by atoms with Crippen molar-refractivity contribution < 1.29 is 4.79 Å². The van der Waals surface area contributed by atoms with Crippen LogP contribution in [0.3, 0.4) is 0 Å². The molecule has 1 aromatic carbocycles. The minimum atomic E-state index is -0.329. The van der Waals surface area contributed by atoms with Gasteiger partial charge >= 0.3 is 5.69 Å². The summed E-state index contributed by atoms with van der Waals surface area (Å²) in [6.45, 7) is 1.86. The Hall–Kier alpha value is -2.08. The lowest BCUT2D eigenvalue weighted by molar-refractivity contribution is -0.142. The van der Waals surface area contributed by atoms with Crippen LogP contribution in [-0.4, -0.2) is 40.0 Å². The molecule has 134 valence electrons. The summed E-state index contributed by atoms with van der Waals surface area (Å²) in [6, 6.07) is 7.93. The van der Waals surface area contributed by atoms with E-state index in [-0.39, 0.29) is 23.1 Å². The standard InChI is InChI=1S/C19H26N4O2/c20-13-19(9-3-4-10-19)17(24)22-11-7-14(8-12-22)23-16-6-2-1-5-15(16)21-18(23)25/h1-2,5-6,14H,3-4,7-13,20H2,(H,21,25). The lowest BCUT2D eigenvalue weighted by Gasteiger charge is -2.38. The fourth-order valence-corrected chi connectivity index (χ4v) is 4.66. The topological polar surface area (TPSA) is 84.1 Å². The molecule has 4 rings (SSSR count). The van der Waals surface area contributed by atoms with Crippen LogP contribution in [0.2, 0.25) is 0 Å². The molecule has 0 unspecified atom stereocenters. The van der Waals surface area contributed by atoms with Crippen LogP contribution in [0.15, 0.2) is 29.1 Å². The van der Waals surface area contributed by atoms with Gasteiger partial charge in [-0.3, -0.25) is 9.36 Å². The lowest BCUT2D eigenvalue weighted by atomic mass is 9.84. The molecule has 3 N–H and O–H groups in total. The van der Waals surface area contributed by atoms with Crippen LogP contribution < -0.4 is 11.4 Å². The second-order valence-electron chi connectivity index (χ2n) is 7.53. The maximum Gasteiger partial charge on any atom is 0.326 e. The largest absolute Gasteiger partial charge is 0.342 e. The zero-order valence-corrected chi connectivity index (χ0v) is 14.5. The first-order chi connectivity index (χ1) is 12.1. The van der Waals surface area contributed by atoms with Crippen LogP contribution in [0.5, 0.6) is 0 Å². The molecule has 0 atom stereocenters. The van der Waals surface area contributed by atoms with E-state index in [4.69, 9.17) is 5.73 Å². The van der Waals surface area contributed by atoms with Crippen molar-refractivity contribution >= 4 is 16.9 Å². The molecular formula is C19H26N4O2. The number of amides is 1. The lowest BCUT2D eigenvalue weighted by Crippen LogP contribution is -2.49. The monoisotopic (exact) mass is 342 g/mol. The molecule has 1 aliphatic heterocycles. The van der Waals surface area contributed by atoms with E-state index in [9.17, 15) is 9.59 Å². The van der Waals surface area contributed by atoms with Crippen molar-refractivity contribution in [2.45, 2.75) is 44.6 Å². The smallest absolute Gasteiger partial charge is 0.326 e. The number of carbonyl (C=O) groups excluding carboxylic acids is 1. The molecule has 2 aromatic rings. The molecule has 0 radical (unpaired) electrons. The molecule has 1 saturated carbocycles. The summed E-state index contributed by atoms with van der Waals surface area (Å²) in [5.74, 6) is 0.234. The molecule has 25 heavy (non-hydrogen) atoms. The zero-order valence-electron chi connectivity index (χ0n) is 14.5. The van der Waals surface area contributed by atoms with Gasteiger partial charge in [0.25, 0.3) is 0 Å². The molecule has 1 aromatic heterocycles. The number of aromatic amines is 1. The second kappa shape index (κ2) is 6.33. The normalized spacial score (nSPS) is 21.1. The van der Waals surface area contributed by atoms with E-state index in [0.717, 1.165) is 49.6 Å². The molecule has 2 heterocycles. The number of hydrogen-bond acceptors (Lipinski definition) is 3. The van der Waals surface area contributed by atoms with Crippen molar-refractivity contribution in [3.05, 3.63) is 34.7 Å². The molecule has 1 saturated heterocycles. The number of carbonyl (C=O) groups is 1. The van der Waals surface area contributed by atoms with Gasteiger partial charge in [-0.15, -0.1) is 0 Å². The summed E-state index contributed by atoms with van der Waals surface area (Å²) in [5, 5.41) is 0.